The third-order valence-electron chi connectivity index (χ3n) is 2.72. The predicted molar refractivity (Wildman–Crippen MR) is 69.9 cm³/mol. The number of nitriles is 1. The van der Waals surface area contributed by atoms with E-state index in [4.69, 9.17) is 20.8 Å². The topological polar surface area (TPSA) is 79.3 Å². The fourth-order valence-corrected chi connectivity index (χ4v) is 1.53. The molecule has 3 N–H and O–H groups in total. The van der Waals surface area contributed by atoms with Crippen molar-refractivity contribution in [3.8, 4) is 11.8 Å². The Hall–Kier alpha value is -1.57. The maximum atomic E-state index is 8.90. The Kier molecular flexibility index (Phi) is 5.63. The Morgan fingerprint density at radius 3 is 2.56 bits per heavy atom. The monoisotopic (exact) mass is 248 g/mol. The van der Waals surface area contributed by atoms with Crippen molar-refractivity contribution in [2.24, 2.45) is 5.73 Å². The van der Waals surface area contributed by atoms with Crippen LogP contribution < -0.4 is 10.5 Å². The van der Waals surface area contributed by atoms with E-state index in [-0.39, 0.29) is 6.61 Å². The number of rotatable bonds is 7. The molecule has 1 aromatic rings. The van der Waals surface area contributed by atoms with Gasteiger partial charge in [0.1, 0.15) is 11.3 Å². The number of hydrogen-bond donors (Lipinski definition) is 2. The summed E-state index contributed by atoms with van der Waals surface area (Å²) in [5, 5.41) is 17.6. The van der Waals surface area contributed by atoms with Crippen LogP contribution in [0.1, 0.15) is 31.7 Å². The summed E-state index contributed by atoms with van der Waals surface area (Å²) < 4.78 is 5.55. The van der Waals surface area contributed by atoms with Gasteiger partial charge < -0.3 is 15.6 Å². The lowest BCUT2D eigenvalue weighted by Crippen LogP contribution is -2.33. The first-order chi connectivity index (χ1) is 8.57. The smallest absolute Gasteiger partial charge is 0.119 e. The zero-order chi connectivity index (χ0) is 13.4. The van der Waals surface area contributed by atoms with Crippen molar-refractivity contribution in [2.45, 2.75) is 38.3 Å². The van der Waals surface area contributed by atoms with Crippen LogP contribution in [0.3, 0.4) is 0 Å². The van der Waals surface area contributed by atoms with Gasteiger partial charge in [-0.3, -0.25) is 0 Å². The third-order valence-corrected chi connectivity index (χ3v) is 2.72. The minimum atomic E-state index is -0.733. The van der Waals surface area contributed by atoms with Crippen molar-refractivity contribution in [1.29, 1.82) is 5.26 Å². The number of ether oxygens (including phenoxy) is 1. The molecule has 1 aromatic carbocycles. The van der Waals surface area contributed by atoms with Crippen LogP contribution in [0.5, 0.6) is 5.75 Å². The van der Waals surface area contributed by atoms with Crippen molar-refractivity contribution in [1.82, 2.24) is 0 Å². The van der Waals surface area contributed by atoms with Crippen LogP contribution in [0.2, 0.25) is 0 Å². The first kappa shape index (κ1) is 14.5. The van der Waals surface area contributed by atoms with Gasteiger partial charge in [0.05, 0.1) is 19.3 Å². The largest absolute Gasteiger partial charge is 0.494 e. The van der Waals surface area contributed by atoms with Gasteiger partial charge in [0.25, 0.3) is 0 Å². The molecular formula is C14H20N2O2. The minimum Gasteiger partial charge on any atom is -0.494 e. The number of benzene rings is 1. The molecule has 0 radical (unpaired) electrons. The van der Waals surface area contributed by atoms with E-state index in [1.807, 2.05) is 24.3 Å². The van der Waals surface area contributed by atoms with E-state index in [1.165, 1.54) is 0 Å². The highest BCUT2D eigenvalue weighted by Crippen LogP contribution is 2.14. The van der Waals surface area contributed by atoms with E-state index >= 15 is 0 Å². The van der Waals surface area contributed by atoms with Crippen LogP contribution in [0.15, 0.2) is 24.3 Å². The molecule has 1 rings (SSSR count). The van der Waals surface area contributed by atoms with Gasteiger partial charge in [-0.15, -0.1) is 0 Å². The average Bonchev–Trinajstić information content (AvgIpc) is 2.39. The van der Waals surface area contributed by atoms with Gasteiger partial charge in [-0.25, -0.2) is 0 Å². The van der Waals surface area contributed by atoms with Crippen LogP contribution in [-0.4, -0.2) is 17.3 Å². The zero-order valence-corrected chi connectivity index (χ0v) is 10.7. The molecule has 0 saturated carbocycles. The highest BCUT2D eigenvalue weighted by molar-refractivity contribution is 5.26. The Morgan fingerprint density at radius 1 is 1.33 bits per heavy atom. The molecule has 1 unspecified atom stereocenters. The highest BCUT2D eigenvalue weighted by atomic mass is 16.5. The molecule has 0 heterocycles. The number of nitrogens with two attached hydrogens (primary N) is 1. The van der Waals surface area contributed by atoms with Crippen molar-refractivity contribution in [2.75, 3.05) is 6.61 Å². The molecule has 0 amide bonds. The molecule has 4 heteroatoms. The number of nitrogens with zero attached hydrogens (tertiary/aromatic N) is 1. The Morgan fingerprint density at radius 2 is 2.00 bits per heavy atom. The number of aliphatic hydroxyl groups is 1. The Bertz CT molecular complexity index is 393. The zero-order valence-electron chi connectivity index (χ0n) is 10.7. The molecule has 18 heavy (non-hydrogen) atoms. The summed E-state index contributed by atoms with van der Waals surface area (Å²) in [6, 6.07) is 9.43. The molecule has 0 aliphatic rings. The molecule has 98 valence electrons. The molecular weight excluding hydrogens is 228 g/mol. The molecule has 1 atom stereocenters. The summed E-state index contributed by atoms with van der Waals surface area (Å²) >= 11 is 0. The van der Waals surface area contributed by atoms with E-state index in [1.54, 1.807) is 6.92 Å². The standard InChI is InChI=1S/C14H20N2O2/c1-14(16,11-15)8-2-3-9-18-13-6-4-12(10-17)5-7-13/h4-7,17H,2-3,8-10,16H2,1H3. The fraction of sp³-hybridized carbons (Fsp3) is 0.500. The van der Waals surface area contributed by atoms with E-state index < -0.39 is 5.54 Å². The first-order valence-corrected chi connectivity index (χ1v) is 6.10. The van der Waals surface area contributed by atoms with Crippen LogP contribution in [0.25, 0.3) is 0 Å². The van der Waals surface area contributed by atoms with Gasteiger partial charge in [0, 0.05) is 0 Å². The maximum absolute atomic E-state index is 8.90. The van der Waals surface area contributed by atoms with Crippen LogP contribution in [0.4, 0.5) is 0 Å². The molecule has 0 aliphatic carbocycles. The second kappa shape index (κ2) is 7.00. The van der Waals surface area contributed by atoms with Gasteiger partial charge in [0.15, 0.2) is 0 Å². The molecule has 0 aliphatic heterocycles. The summed E-state index contributed by atoms with van der Waals surface area (Å²) in [6.07, 6.45) is 2.42. The van der Waals surface area contributed by atoms with Crippen LogP contribution in [0, 0.1) is 11.3 Å². The van der Waals surface area contributed by atoms with Gasteiger partial charge in [-0.1, -0.05) is 12.1 Å². The second-order valence-corrected chi connectivity index (χ2v) is 4.64. The fourth-order valence-electron chi connectivity index (χ4n) is 1.53. The van der Waals surface area contributed by atoms with Gasteiger partial charge >= 0.3 is 0 Å². The highest BCUT2D eigenvalue weighted by Gasteiger charge is 2.15. The van der Waals surface area contributed by atoms with Gasteiger partial charge in [0.2, 0.25) is 0 Å². The van der Waals surface area contributed by atoms with Gasteiger partial charge in [-0.05, 0) is 43.9 Å². The summed E-state index contributed by atoms with van der Waals surface area (Å²) in [5.74, 6) is 0.794. The predicted octanol–water partition coefficient (Wildman–Crippen LogP) is 1.97. The number of aliphatic hydroxyl groups excluding tert-OH is 1. The third kappa shape index (κ3) is 5.17. The molecule has 4 nitrogen and oxygen atoms in total. The lowest BCUT2D eigenvalue weighted by atomic mass is 9.98. The van der Waals surface area contributed by atoms with Crippen molar-refractivity contribution in [3.63, 3.8) is 0 Å². The molecule has 0 bridgehead atoms. The van der Waals surface area contributed by atoms with Crippen molar-refractivity contribution >= 4 is 0 Å². The second-order valence-electron chi connectivity index (χ2n) is 4.64. The average molecular weight is 248 g/mol. The summed E-state index contributed by atoms with van der Waals surface area (Å²) in [6.45, 7) is 2.39. The van der Waals surface area contributed by atoms with Crippen LogP contribution in [-0.2, 0) is 6.61 Å². The lowest BCUT2D eigenvalue weighted by molar-refractivity contribution is 0.280. The summed E-state index contributed by atoms with van der Waals surface area (Å²) in [4.78, 5) is 0. The quantitative estimate of drug-likeness (QED) is 0.723. The van der Waals surface area contributed by atoms with E-state index in [9.17, 15) is 0 Å². The van der Waals surface area contributed by atoms with Crippen LogP contribution >= 0.6 is 0 Å². The normalized spacial score (nSPS) is 13.7. The van der Waals surface area contributed by atoms with E-state index in [2.05, 4.69) is 6.07 Å². The SMILES string of the molecule is CC(N)(C#N)CCCCOc1ccc(CO)cc1. The lowest BCUT2D eigenvalue weighted by Gasteiger charge is -2.14. The van der Waals surface area contributed by atoms with E-state index in [0.717, 1.165) is 24.2 Å². The number of unbranched alkanes of at least 4 members (excludes halogenated alkanes) is 1. The number of hydrogen-bond acceptors (Lipinski definition) is 4. The first-order valence-electron chi connectivity index (χ1n) is 6.10. The van der Waals surface area contributed by atoms with Gasteiger partial charge in [-0.2, -0.15) is 5.26 Å². The van der Waals surface area contributed by atoms with E-state index in [0.29, 0.717) is 13.0 Å². The molecule has 0 spiro atoms. The summed E-state index contributed by atoms with van der Waals surface area (Å²) in [5.41, 5.74) is 5.85. The Labute approximate surface area is 108 Å². The van der Waals surface area contributed by atoms with Crippen molar-refractivity contribution < 1.29 is 9.84 Å². The molecule has 0 aromatic heterocycles. The molecule has 0 saturated heterocycles. The van der Waals surface area contributed by atoms with Crippen molar-refractivity contribution in [3.05, 3.63) is 29.8 Å². The summed E-state index contributed by atoms with van der Waals surface area (Å²) in [7, 11) is 0. The Balaban J connectivity index is 2.20. The minimum absolute atomic E-state index is 0.0452. The maximum Gasteiger partial charge on any atom is 0.119 e. The molecule has 0 fully saturated rings.